The number of halogens is 2. The van der Waals surface area contributed by atoms with E-state index in [2.05, 4.69) is 42.2 Å². The molecule has 104 valence electrons. The molecule has 0 atom stereocenters. The summed E-state index contributed by atoms with van der Waals surface area (Å²) in [6.07, 6.45) is 1.41. The van der Waals surface area contributed by atoms with Crippen LogP contribution in [-0.2, 0) is 6.54 Å². The lowest BCUT2D eigenvalue weighted by atomic mass is 10.2. The second kappa shape index (κ2) is 6.47. The van der Waals surface area contributed by atoms with Crippen molar-refractivity contribution in [2.75, 3.05) is 0 Å². The highest BCUT2D eigenvalue weighted by molar-refractivity contribution is 9.13. The number of aromatic carboxylic acids is 1. The SMILES string of the molecule is O=C(O)c1ccnc(CNC(=O)c2cc(Br)c(Br)s2)c1. The van der Waals surface area contributed by atoms with Gasteiger partial charge in [0.2, 0.25) is 0 Å². The highest BCUT2D eigenvalue weighted by Crippen LogP contribution is 2.32. The second-order valence-corrected chi connectivity index (χ2v) is 6.98. The van der Waals surface area contributed by atoms with Gasteiger partial charge in [-0.3, -0.25) is 9.78 Å². The Morgan fingerprint density at radius 1 is 1.35 bits per heavy atom. The van der Waals surface area contributed by atoms with Crippen LogP contribution in [0.1, 0.15) is 25.7 Å². The van der Waals surface area contributed by atoms with Gasteiger partial charge in [-0.1, -0.05) is 0 Å². The number of thiophene rings is 1. The Bertz CT molecular complexity index is 653. The predicted octanol–water partition coefficient (Wildman–Crippen LogP) is 3.30. The molecular formula is C12H8Br2N2O3S. The van der Waals surface area contributed by atoms with E-state index in [4.69, 9.17) is 5.11 Å². The molecule has 2 rings (SSSR count). The lowest BCUT2D eigenvalue weighted by Crippen LogP contribution is -2.22. The minimum atomic E-state index is -1.02. The van der Waals surface area contributed by atoms with Crippen LogP contribution in [0.25, 0.3) is 0 Å². The van der Waals surface area contributed by atoms with Crippen molar-refractivity contribution in [2.24, 2.45) is 0 Å². The summed E-state index contributed by atoms with van der Waals surface area (Å²) in [6.45, 7) is 0.174. The van der Waals surface area contributed by atoms with E-state index in [9.17, 15) is 9.59 Å². The molecule has 0 aromatic carbocycles. The number of aromatic nitrogens is 1. The molecule has 0 aliphatic heterocycles. The highest BCUT2D eigenvalue weighted by Gasteiger charge is 2.12. The molecule has 0 spiro atoms. The Morgan fingerprint density at radius 2 is 2.10 bits per heavy atom. The first kappa shape index (κ1) is 15.1. The van der Waals surface area contributed by atoms with Crippen molar-refractivity contribution in [1.29, 1.82) is 0 Å². The number of carboxylic acids is 1. The first-order valence-electron chi connectivity index (χ1n) is 5.38. The quantitative estimate of drug-likeness (QED) is 0.796. The minimum Gasteiger partial charge on any atom is -0.478 e. The van der Waals surface area contributed by atoms with E-state index in [1.165, 1.54) is 29.7 Å². The number of amides is 1. The van der Waals surface area contributed by atoms with Gasteiger partial charge in [0.05, 0.1) is 26.5 Å². The topological polar surface area (TPSA) is 79.3 Å². The monoisotopic (exact) mass is 418 g/mol. The number of carbonyl (C=O) groups excluding carboxylic acids is 1. The average Bonchev–Trinajstić information content (AvgIpc) is 2.76. The first-order chi connectivity index (χ1) is 9.47. The molecule has 5 nitrogen and oxygen atoms in total. The van der Waals surface area contributed by atoms with Crippen molar-refractivity contribution in [1.82, 2.24) is 10.3 Å². The number of pyridine rings is 1. The second-order valence-electron chi connectivity index (χ2n) is 3.76. The van der Waals surface area contributed by atoms with Crippen LogP contribution in [0.5, 0.6) is 0 Å². The molecule has 8 heteroatoms. The van der Waals surface area contributed by atoms with Crippen molar-refractivity contribution in [3.8, 4) is 0 Å². The zero-order chi connectivity index (χ0) is 14.7. The molecule has 2 heterocycles. The third-order valence-electron chi connectivity index (χ3n) is 2.36. The largest absolute Gasteiger partial charge is 0.478 e. The van der Waals surface area contributed by atoms with Gasteiger partial charge < -0.3 is 10.4 Å². The maximum absolute atomic E-state index is 11.9. The standard InChI is InChI=1S/C12H8Br2N2O3S/c13-8-4-9(20-10(8)14)11(17)16-5-7-3-6(12(18)19)1-2-15-7/h1-4H,5H2,(H,16,17)(H,18,19). The van der Waals surface area contributed by atoms with Crippen LogP contribution in [0.15, 0.2) is 32.7 Å². The van der Waals surface area contributed by atoms with Crippen LogP contribution in [0.3, 0.4) is 0 Å². The summed E-state index contributed by atoms with van der Waals surface area (Å²) in [4.78, 5) is 27.3. The van der Waals surface area contributed by atoms with Gasteiger partial charge in [-0.25, -0.2) is 4.79 Å². The maximum atomic E-state index is 11.9. The number of nitrogens with zero attached hydrogens (tertiary/aromatic N) is 1. The smallest absolute Gasteiger partial charge is 0.335 e. The van der Waals surface area contributed by atoms with Gasteiger partial charge in [0.1, 0.15) is 0 Å². The Morgan fingerprint density at radius 3 is 2.70 bits per heavy atom. The van der Waals surface area contributed by atoms with E-state index in [0.29, 0.717) is 10.6 Å². The first-order valence-corrected chi connectivity index (χ1v) is 7.79. The Hall–Kier alpha value is -1.25. The summed E-state index contributed by atoms with van der Waals surface area (Å²) in [5, 5.41) is 11.6. The number of rotatable bonds is 4. The number of nitrogens with one attached hydrogen (secondary N) is 1. The lowest BCUT2D eigenvalue weighted by Gasteiger charge is -2.03. The van der Waals surface area contributed by atoms with Gasteiger partial charge >= 0.3 is 5.97 Å². The van der Waals surface area contributed by atoms with Crippen LogP contribution in [-0.4, -0.2) is 22.0 Å². The van der Waals surface area contributed by atoms with E-state index < -0.39 is 5.97 Å². The molecule has 0 aliphatic rings. The number of hydrogen-bond acceptors (Lipinski definition) is 4. The minimum absolute atomic E-state index is 0.144. The van der Waals surface area contributed by atoms with Crippen molar-refractivity contribution < 1.29 is 14.7 Å². The van der Waals surface area contributed by atoms with Gasteiger partial charge in [-0.05, 0) is 50.1 Å². The highest BCUT2D eigenvalue weighted by atomic mass is 79.9. The van der Waals surface area contributed by atoms with Crippen molar-refractivity contribution >= 4 is 55.1 Å². The fourth-order valence-electron chi connectivity index (χ4n) is 1.42. The summed E-state index contributed by atoms with van der Waals surface area (Å²) >= 11 is 7.94. The molecule has 0 aliphatic carbocycles. The molecule has 2 aromatic heterocycles. The maximum Gasteiger partial charge on any atom is 0.335 e. The molecule has 0 bridgehead atoms. The van der Waals surface area contributed by atoms with E-state index in [1.54, 1.807) is 6.07 Å². The van der Waals surface area contributed by atoms with Gasteiger partial charge in [0.15, 0.2) is 0 Å². The zero-order valence-electron chi connectivity index (χ0n) is 9.89. The summed E-state index contributed by atoms with van der Waals surface area (Å²) < 4.78 is 1.66. The Labute approximate surface area is 135 Å². The molecular weight excluding hydrogens is 412 g/mol. The molecule has 0 radical (unpaired) electrons. The summed E-state index contributed by atoms with van der Waals surface area (Å²) in [5.74, 6) is -1.25. The summed E-state index contributed by atoms with van der Waals surface area (Å²) in [5.41, 5.74) is 0.638. The van der Waals surface area contributed by atoms with E-state index in [1.807, 2.05) is 0 Å². The molecule has 20 heavy (non-hydrogen) atoms. The van der Waals surface area contributed by atoms with Crippen LogP contribution in [0, 0.1) is 0 Å². The third-order valence-corrected chi connectivity index (χ3v) is 5.62. The average molecular weight is 420 g/mol. The lowest BCUT2D eigenvalue weighted by molar-refractivity contribution is 0.0696. The molecule has 1 amide bonds. The zero-order valence-corrected chi connectivity index (χ0v) is 13.9. The van der Waals surface area contributed by atoms with Gasteiger partial charge in [0.25, 0.3) is 5.91 Å². The van der Waals surface area contributed by atoms with E-state index in [0.717, 1.165) is 8.26 Å². The molecule has 0 fully saturated rings. The van der Waals surface area contributed by atoms with Crippen LogP contribution < -0.4 is 5.32 Å². The molecule has 2 aromatic rings. The van der Waals surface area contributed by atoms with Gasteiger partial charge in [-0.15, -0.1) is 11.3 Å². The number of hydrogen-bond donors (Lipinski definition) is 2. The normalized spacial score (nSPS) is 10.3. The van der Waals surface area contributed by atoms with Crippen LogP contribution in [0.4, 0.5) is 0 Å². The fourth-order valence-corrected chi connectivity index (χ4v) is 3.38. The van der Waals surface area contributed by atoms with Gasteiger partial charge in [-0.2, -0.15) is 0 Å². The fraction of sp³-hybridized carbons (Fsp3) is 0.0833. The summed E-state index contributed by atoms with van der Waals surface area (Å²) in [6, 6.07) is 4.55. The number of carbonyl (C=O) groups is 2. The van der Waals surface area contributed by atoms with Crippen molar-refractivity contribution in [3.05, 3.63) is 48.8 Å². The molecule has 0 saturated carbocycles. The predicted molar refractivity (Wildman–Crippen MR) is 82.1 cm³/mol. The van der Waals surface area contributed by atoms with Gasteiger partial charge in [0, 0.05) is 10.7 Å². The Balaban J connectivity index is 2.03. The van der Waals surface area contributed by atoms with E-state index >= 15 is 0 Å². The van der Waals surface area contributed by atoms with Crippen molar-refractivity contribution in [3.63, 3.8) is 0 Å². The third kappa shape index (κ3) is 3.65. The Kier molecular flexibility index (Phi) is 4.90. The van der Waals surface area contributed by atoms with E-state index in [-0.39, 0.29) is 18.0 Å². The van der Waals surface area contributed by atoms with Crippen LogP contribution >= 0.6 is 43.2 Å². The number of carboxylic acid groups (broad SMARTS) is 1. The molecule has 0 saturated heterocycles. The van der Waals surface area contributed by atoms with Crippen LogP contribution in [0.2, 0.25) is 0 Å². The molecule has 0 unspecified atom stereocenters. The summed E-state index contributed by atoms with van der Waals surface area (Å²) in [7, 11) is 0. The van der Waals surface area contributed by atoms with Crippen molar-refractivity contribution in [2.45, 2.75) is 6.54 Å². The molecule has 2 N–H and O–H groups in total.